The van der Waals surface area contributed by atoms with E-state index in [9.17, 15) is 9.59 Å². The fourth-order valence-electron chi connectivity index (χ4n) is 3.45. The SMILES string of the molecule is O=C(Nc1nc2c(s1)CN(C(=O)c1ccc(-n3cccc3)cc1)CC2)c1cccs1. The van der Waals surface area contributed by atoms with E-state index in [4.69, 9.17) is 0 Å². The molecule has 0 fully saturated rings. The molecule has 0 atom stereocenters. The monoisotopic (exact) mass is 434 g/mol. The van der Waals surface area contributed by atoms with E-state index in [1.807, 2.05) is 69.7 Å². The zero-order chi connectivity index (χ0) is 20.5. The number of fused-ring (bicyclic) bond motifs is 1. The highest BCUT2D eigenvalue weighted by atomic mass is 32.1. The summed E-state index contributed by atoms with van der Waals surface area (Å²) in [6.07, 6.45) is 4.64. The molecule has 0 saturated heterocycles. The van der Waals surface area contributed by atoms with Gasteiger partial charge in [-0.3, -0.25) is 14.9 Å². The molecule has 5 rings (SSSR count). The summed E-state index contributed by atoms with van der Waals surface area (Å²) in [4.78, 5) is 33.3. The van der Waals surface area contributed by atoms with E-state index in [0.717, 1.165) is 16.3 Å². The van der Waals surface area contributed by atoms with Gasteiger partial charge in [-0.2, -0.15) is 0 Å². The van der Waals surface area contributed by atoms with Crippen molar-refractivity contribution in [1.29, 1.82) is 0 Å². The first kappa shape index (κ1) is 18.8. The Morgan fingerprint density at radius 2 is 1.83 bits per heavy atom. The van der Waals surface area contributed by atoms with Gasteiger partial charge in [0.1, 0.15) is 0 Å². The molecular weight excluding hydrogens is 416 g/mol. The number of hydrogen-bond acceptors (Lipinski definition) is 5. The van der Waals surface area contributed by atoms with Crippen LogP contribution in [0.4, 0.5) is 5.13 Å². The highest BCUT2D eigenvalue weighted by Crippen LogP contribution is 2.29. The summed E-state index contributed by atoms with van der Waals surface area (Å²) < 4.78 is 2.00. The van der Waals surface area contributed by atoms with Crippen molar-refractivity contribution in [2.24, 2.45) is 0 Å². The number of aromatic nitrogens is 2. The minimum atomic E-state index is -0.146. The third-order valence-electron chi connectivity index (χ3n) is 5.00. The smallest absolute Gasteiger partial charge is 0.267 e. The van der Waals surface area contributed by atoms with Crippen LogP contribution in [-0.2, 0) is 13.0 Å². The molecule has 1 aliphatic rings. The lowest BCUT2D eigenvalue weighted by Gasteiger charge is -2.26. The summed E-state index contributed by atoms with van der Waals surface area (Å²) in [7, 11) is 0. The highest BCUT2D eigenvalue weighted by molar-refractivity contribution is 7.16. The molecule has 0 spiro atoms. The van der Waals surface area contributed by atoms with Crippen LogP contribution in [0.3, 0.4) is 0 Å². The Hall–Kier alpha value is -3.23. The number of hydrogen-bond donors (Lipinski definition) is 1. The topological polar surface area (TPSA) is 67.2 Å². The average Bonchev–Trinajstić information content (AvgIpc) is 3.54. The van der Waals surface area contributed by atoms with Gasteiger partial charge in [-0.25, -0.2) is 4.98 Å². The lowest BCUT2D eigenvalue weighted by Crippen LogP contribution is -2.35. The van der Waals surface area contributed by atoms with E-state index >= 15 is 0 Å². The van der Waals surface area contributed by atoms with Crippen molar-refractivity contribution in [2.45, 2.75) is 13.0 Å². The number of benzene rings is 1. The van der Waals surface area contributed by atoms with E-state index in [2.05, 4.69) is 10.3 Å². The molecule has 0 aliphatic carbocycles. The summed E-state index contributed by atoms with van der Waals surface area (Å²) in [5, 5.41) is 5.33. The number of anilines is 1. The third kappa shape index (κ3) is 3.67. The summed E-state index contributed by atoms with van der Waals surface area (Å²) in [6.45, 7) is 1.13. The van der Waals surface area contributed by atoms with Crippen molar-refractivity contribution in [3.05, 3.63) is 87.3 Å². The molecule has 3 aromatic heterocycles. The van der Waals surface area contributed by atoms with Crippen molar-refractivity contribution in [3.63, 3.8) is 0 Å². The Balaban J connectivity index is 1.28. The molecule has 6 nitrogen and oxygen atoms in total. The summed E-state index contributed by atoms with van der Waals surface area (Å²) in [6, 6.07) is 15.2. The predicted molar refractivity (Wildman–Crippen MR) is 119 cm³/mol. The van der Waals surface area contributed by atoms with Crippen molar-refractivity contribution in [3.8, 4) is 5.69 Å². The molecule has 4 heterocycles. The molecule has 0 bridgehead atoms. The van der Waals surface area contributed by atoms with E-state index in [-0.39, 0.29) is 11.8 Å². The largest absolute Gasteiger partial charge is 0.333 e. The summed E-state index contributed by atoms with van der Waals surface area (Å²) >= 11 is 2.84. The lowest BCUT2D eigenvalue weighted by atomic mass is 10.1. The number of nitrogens with one attached hydrogen (secondary N) is 1. The zero-order valence-electron chi connectivity index (χ0n) is 15.9. The van der Waals surface area contributed by atoms with Gasteiger partial charge in [0.25, 0.3) is 11.8 Å². The number of carbonyl (C=O) groups is 2. The molecule has 1 aromatic carbocycles. The normalized spacial score (nSPS) is 13.1. The molecule has 30 heavy (non-hydrogen) atoms. The standard InChI is InChI=1S/C22H18N4O2S2/c27-20(18-4-3-13-29-18)24-22-23-17-9-12-26(14-19(17)30-22)21(28)15-5-7-16(8-6-15)25-10-1-2-11-25/h1-8,10-11,13H,9,12,14H2,(H,23,24,27). The first-order chi connectivity index (χ1) is 14.7. The van der Waals surface area contributed by atoms with Gasteiger partial charge in [-0.15, -0.1) is 11.3 Å². The van der Waals surface area contributed by atoms with Crippen LogP contribution >= 0.6 is 22.7 Å². The van der Waals surface area contributed by atoms with E-state index in [0.29, 0.717) is 35.1 Å². The van der Waals surface area contributed by atoms with Crippen LogP contribution in [0.15, 0.2) is 66.3 Å². The van der Waals surface area contributed by atoms with Gasteiger partial charge in [0, 0.05) is 41.5 Å². The number of nitrogens with zero attached hydrogens (tertiary/aromatic N) is 3. The zero-order valence-corrected chi connectivity index (χ0v) is 17.6. The highest BCUT2D eigenvalue weighted by Gasteiger charge is 2.25. The van der Waals surface area contributed by atoms with Crippen LogP contribution in [0, 0.1) is 0 Å². The maximum atomic E-state index is 13.0. The van der Waals surface area contributed by atoms with Gasteiger partial charge in [0.05, 0.1) is 17.1 Å². The summed E-state index contributed by atoms with van der Waals surface area (Å²) in [5.41, 5.74) is 2.66. The van der Waals surface area contributed by atoms with Crippen LogP contribution in [0.2, 0.25) is 0 Å². The molecule has 150 valence electrons. The minimum Gasteiger partial charge on any atom is -0.333 e. The Bertz CT molecular complexity index is 1180. The van der Waals surface area contributed by atoms with E-state index in [1.54, 1.807) is 6.07 Å². The second kappa shape index (κ2) is 7.89. The van der Waals surface area contributed by atoms with E-state index < -0.39 is 0 Å². The Kier molecular flexibility index (Phi) is 4.94. The molecule has 2 amide bonds. The number of rotatable bonds is 4. The number of thiophene rings is 1. The molecule has 4 aromatic rings. The fourth-order valence-corrected chi connectivity index (χ4v) is 5.09. The second-order valence-electron chi connectivity index (χ2n) is 6.93. The summed E-state index contributed by atoms with van der Waals surface area (Å²) in [5.74, 6) is -0.135. The van der Waals surface area contributed by atoms with Crippen LogP contribution in [0.25, 0.3) is 5.69 Å². The molecule has 1 N–H and O–H groups in total. The molecule has 1 aliphatic heterocycles. The quantitative estimate of drug-likeness (QED) is 0.516. The van der Waals surface area contributed by atoms with E-state index in [1.165, 1.54) is 22.7 Å². The van der Waals surface area contributed by atoms with Crippen LogP contribution < -0.4 is 5.32 Å². The Morgan fingerprint density at radius 3 is 2.57 bits per heavy atom. The Labute approximate surface area is 181 Å². The third-order valence-corrected chi connectivity index (χ3v) is 6.87. The minimum absolute atomic E-state index is 0.0114. The Morgan fingerprint density at radius 1 is 1.03 bits per heavy atom. The van der Waals surface area contributed by atoms with Gasteiger partial charge in [-0.1, -0.05) is 17.4 Å². The molecule has 0 saturated carbocycles. The average molecular weight is 435 g/mol. The molecule has 0 unspecified atom stereocenters. The van der Waals surface area contributed by atoms with Crippen molar-refractivity contribution >= 4 is 39.6 Å². The molecule has 0 radical (unpaired) electrons. The molecule has 8 heteroatoms. The number of amides is 2. The first-order valence-electron chi connectivity index (χ1n) is 9.53. The molecular formula is C22H18N4O2S2. The maximum Gasteiger partial charge on any atom is 0.267 e. The van der Waals surface area contributed by atoms with Gasteiger partial charge in [-0.05, 0) is 47.8 Å². The maximum absolute atomic E-state index is 13.0. The van der Waals surface area contributed by atoms with Crippen LogP contribution in [-0.4, -0.2) is 32.8 Å². The fraction of sp³-hybridized carbons (Fsp3) is 0.136. The van der Waals surface area contributed by atoms with Crippen LogP contribution in [0.5, 0.6) is 0 Å². The van der Waals surface area contributed by atoms with Gasteiger partial charge in [0.15, 0.2) is 5.13 Å². The predicted octanol–water partition coefficient (Wildman–Crippen LogP) is 4.45. The van der Waals surface area contributed by atoms with Crippen LogP contribution in [0.1, 0.15) is 30.6 Å². The van der Waals surface area contributed by atoms with Crippen molar-refractivity contribution in [1.82, 2.24) is 14.5 Å². The van der Waals surface area contributed by atoms with Crippen molar-refractivity contribution in [2.75, 3.05) is 11.9 Å². The van der Waals surface area contributed by atoms with Gasteiger partial charge < -0.3 is 9.47 Å². The number of carbonyl (C=O) groups excluding carboxylic acids is 2. The van der Waals surface area contributed by atoms with Gasteiger partial charge >= 0.3 is 0 Å². The van der Waals surface area contributed by atoms with Crippen molar-refractivity contribution < 1.29 is 9.59 Å². The first-order valence-corrected chi connectivity index (χ1v) is 11.2. The number of thiazole rings is 1. The van der Waals surface area contributed by atoms with Gasteiger partial charge in [0.2, 0.25) is 0 Å². The lowest BCUT2D eigenvalue weighted by molar-refractivity contribution is 0.0736. The second-order valence-corrected chi connectivity index (χ2v) is 8.97.